The fraction of sp³-hybridized carbons (Fsp3) is 0.0667. The molecule has 21 heavy (non-hydrogen) atoms. The van der Waals surface area contributed by atoms with Gasteiger partial charge in [-0.1, -0.05) is 29.2 Å². The molecule has 2 radical (unpaired) electrons. The minimum Gasteiger partial charge on any atom is -0.329 e. The summed E-state index contributed by atoms with van der Waals surface area (Å²) in [6, 6.07) is 13.0. The Morgan fingerprint density at radius 2 is 1.86 bits per heavy atom. The molecule has 0 amide bonds. The number of rotatable bonds is 2. The largest absolute Gasteiger partial charge is 0.329 e. The SMILES string of the molecule is [B]c1cccc(N(C)c2nc(Cl)nc3cc(Cl)ccc23)c1. The monoisotopic (exact) mass is 313 g/mol. The van der Waals surface area contributed by atoms with Gasteiger partial charge in [0.05, 0.1) is 5.52 Å². The Morgan fingerprint density at radius 3 is 2.62 bits per heavy atom. The Morgan fingerprint density at radius 1 is 1.05 bits per heavy atom. The van der Waals surface area contributed by atoms with Crippen LogP contribution in [0.15, 0.2) is 42.5 Å². The van der Waals surface area contributed by atoms with Gasteiger partial charge in [0.1, 0.15) is 13.7 Å². The van der Waals surface area contributed by atoms with Crippen molar-refractivity contribution in [3.8, 4) is 0 Å². The third kappa shape index (κ3) is 2.82. The van der Waals surface area contributed by atoms with E-state index in [-0.39, 0.29) is 5.28 Å². The summed E-state index contributed by atoms with van der Waals surface area (Å²) >= 11 is 12.0. The molecule has 1 aromatic heterocycles. The molecule has 0 bridgehead atoms. The lowest BCUT2D eigenvalue weighted by Crippen LogP contribution is -2.14. The van der Waals surface area contributed by atoms with Gasteiger partial charge < -0.3 is 4.90 Å². The Bertz CT molecular complexity index is 818. The molecule has 2 aromatic carbocycles. The first kappa shape index (κ1) is 14.2. The minimum absolute atomic E-state index is 0.176. The van der Waals surface area contributed by atoms with Gasteiger partial charge in [0.2, 0.25) is 5.28 Å². The molecule has 0 aliphatic rings. The molecule has 1 heterocycles. The van der Waals surface area contributed by atoms with Gasteiger partial charge >= 0.3 is 0 Å². The van der Waals surface area contributed by atoms with Crippen molar-refractivity contribution >= 4 is 58.9 Å². The number of hydrogen-bond donors (Lipinski definition) is 0. The van der Waals surface area contributed by atoms with E-state index in [0.717, 1.165) is 11.1 Å². The van der Waals surface area contributed by atoms with E-state index in [1.165, 1.54) is 0 Å². The minimum atomic E-state index is 0.176. The zero-order valence-corrected chi connectivity index (χ0v) is 12.7. The summed E-state index contributed by atoms with van der Waals surface area (Å²) in [5.74, 6) is 0.701. The standard InChI is InChI=1S/C15H10BCl2N3/c1-21(11-4-2-3-9(16)7-11)14-12-6-5-10(17)8-13(12)19-15(18)20-14/h2-8H,1H3. The van der Waals surface area contributed by atoms with Crippen molar-refractivity contribution < 1.29 is 0 Å². The second-order valence-electron chi connectivity index (χ2n) is 4.63. The third-order valence-electron chi connectivity index (χ3n) is 3.19. The van der Waals surface area contributed by atoms with Crippen molar-refractivity contribution in [3.63, 3.8) is 0 Å². The Labute approximate surface area is 133 Å². The average molecular weight is 314 g/mol. The van der Waals surface area contributed by atoms with Gasteiger partial charge in [-0.15, -0.1) is 0 Å². The van der Waals surface area contributed by atoms with Gasteiger partial charge in [0.15, 0.2) is 0 Å². The molecule has 0 fully saturated rings. The summed E-state index contributed by atoms with van der Waals surface area (Å²) in [5, 5.41) is 1.65. The first-order chi connectivity index (χ1) is 10.0. The lowest BCUT2D eigenvalue weighted by atomic mass is 9.96. The zero-order chi connectivity index (χ0) is 15.0. The number of hydrogen-bond acceptors (Lipinski definition) is 3. The molecule has 0 aliphatic heterocycles. The predicted octanol–water partition coefficient (Wildman–Crippen LogP) is 3.50. The predicted molar refractivity (Wildman–Crippen MR) is 89.5 cm³/mol. The second kappa shape index (κ2) is 5.55. The summed E-state index contributed by atoms with van der Waals surface area (Å²) < 4.78 is 0. The smallest absolute Gasteiger partial charge is 0.224 e. The van der Waals surface area contributed by atoms with E-state index in [0.29, 0.717) is 21.8 Å². The molecule has 0 unspecified atom stereocenters. The highest BCUT2D eigenvalue weighted by Crippen LogP contribution is 2.30. The van der Waals surface area contributed by atoms with Crippen LogP contribution in [0, 0.1) is 0 Å². The molecule has 0 atom stereocenters. The molecule has 0 saturated heterocycles. The Hall–Kier alpha value is -1.78. The van der Waals surface area contributed by atoms with Gasteiger partial charge in [-0.3, -0.25) is 0 Å². The lowest BCUT2D eigenvalue weighted by Gasteiger charge is -2.20. The Balaban J connectivity index is 2.19. The molecule has 102 valence electrons. The summed E-state index contributed by atoms with van der Waals surface area (Å²) in [5.41, 5.74) is 2.31. The molecular formula is C15H10BCl2N3. The van der Waals surface area contributed by atoms with Crippen LogP contribution >= 0.6 is 23.2 Å². The van der Waals surface area contributed by atoms with E-state index >= 15 is 0 Å². The van der Waals surface area contributed by atoms with Crippen LogP contribution < -0.4 is 10.4 Å². The maximum Gasteiger partial charge on any atom is 0.224 e. The van der Waals surface area contributed by atoms with Crippen molar-refractivity contribution in [3.05, 3.63) is 52.8 Å². The van der Waals surface area contributed by atoms with Gasteiger partial charge in [0, 0.05) is 23.1 Å². The topological polar surface area (TPSA) is 29.0 Å². The number of benzene rings is 2. The van der Waals surface area contributed by atoms with Crippen LogP contribution in [0.3, 0.4) is 0 Å². The molecule has 3 aromatic rings. The van der Waals surface area contributed by atoms with Crippen LogP contribution in [-0.2, 0) is 0 Å². The highest BCUT2D eigenvalue weighted by Gasteiger charge is 2.13. The van der Waals surface area contributed by atoms with Gasteiger partial charge in [-0.2, -0.15) is 4.98 Å². The van der Waals surface area contributed by atoms with E-state index in [4.69, 9.17) is 31.0 Å². The zero-order valence-electron chi connectivity index (χ0n) is 11.2. The maximum atomic E-state index is 6.02. The first-order valence-electron chi connectivity index (χ1n) is 6.26. The fourth-order valence-corrected chi connectivity index (χ4v) is 2.51. The molecular weight excluding hydrogens is 304 g/mol. The number of halogens is 2. The quantitative estimate of drug-likeness (QED) is 0.535. The molecule has 0 spiro atoms. The van der Waals surface area contributed by atoms with Crippen molar-refractivity contribution in [1.82, 2.24) is 9.97 Å². The molecule has 3 rings (SSSR count). The normalized spacial score (nSPS) is 10.8. The molecule has 3 nitrogen and oxygen atoms in total. The lowest BCUT2D eigenvalue weighted by molar-refractivity contribution is 1.11. The van der Waals surface area contributed by atoms with Crippen LogP contribution in [0.2, 0.25) is 10.3 Å². The summed E-state index contributed by atoms with van der Waals surface area (Å²) in [4.78, 5) is 10.5. The van der Waals surface area contributed by atoms with E-state index in [1.807, 2.05) is 42.3 Å². The van der Waals surface area contributed by atoms with E-state index in [9.17, 15) is 0 Å². The van der Waals surface area contributed by atoms with Crippen molar-refractivity contribution in [2.75, 3.05) is 11.9 Å². The number of fused-ring (bicyclic) bond motifs is 1. The van der Waals surface area contributed by atoms with E-state index in [1.54, 1.807) is 12.1 Å². The maximum absolute atomic E-state index is 6.02. The van der Waals surface area contributed by atoms with Gasteiger partial charge in [-0.25, -0.2) is 4.98 Å². The number of anilines is 2. The number of aromatic nitrogens is 2. The molecule has 0 saturated carbocycles. The van der Waals surface area contributed by atoms with Crippen LogP contribution in [-0.4, -0.2) is 24.9 Å². The molecule has 0 aliphatic carbocycles. The van der Waals surface area contributed by atoms with Gasteiger partial charge in [0.25, 0.3) is 0 Å². The van der Waals surface area contributed by atoms with Crippen molar-refractivity contribution in [1.29, 1.82) is 0 Å². The van der Waals surface area contributed by atoms with E-state index in [2.05, 4.69) is 9.97 Å². The number of nitrogens with zero attached hydrogens (tertiary/aromatic N) is 3. The van der Waals surface area contributed by atoms with E-state index < -0.39 is 0 Å². The Kier molecular flexibility index (Phi) is 3.74. The summed E-state index contributed by atoms with van der Waals surface area (Å²) in [6.45, 7) is 0. The van der Waals surface area contributed by atoms with Crippen LogP contribution in [0.25, 0.3) is 10.9 Å². The molecule has 0 N–H and O–H groups in total. The van der Waals surface area contributed by atoms with Gasteiger partial charge in [-0.05, 0) is 41.9 Å². The molecule has 6 heteroatoms. The third-order valence-corrected chi connectivity index (χ3v) is 3.59. The highest BCUT2D eigenvalue weighted by atomic mass is 35.5. The fourth-order valence-electron chi connectivity index (χ4n) is 2.17. The first-order valence-corrected chi connectivity index (χ1v) is 7.02. The summed E-state index contributed by atoms with van der Waals surface area (Å²) in [6.07, 6.45) is 0. The average Bonchev–Trinajstić information content (AvgIpc) is 2.45. The second-order valence-corrected chi connectivity index (χ2v) is 5.41. The van der Waals surface area contributed by atoms with Crippen LogP contribution in [0.1, 0.15) is 0 Å². The summed E-state index contributed by atoms with van der Waals surface area (Å²) in [7, 11) is 7.74. The van der Waals surface area contributed by atoms with Crippen LogP contribution in [0.4, 0.5) is 11.5 Å². The van der Waals surface area contributed by atoms with Crippen molar-refractivity contribution in [2.45, 2.75) is 0 Å². The van der Waals surface area contributed by atoms with Crippen molar-refractivity contribution in [2.24, 2.45) is 0 Å². The highest BCUT2D eigenvalue weighted by molar-refractivity contribution is 6.32. The van der Waals surface area contributed by atoms with Crippen LogP contribution in [0.5, 0.6) is 0 Å².